The summed E-state index contributed by atoms with van der Waals surface area (Å²) in [7, 11) is 1.82. The van der Waals surface area contributed by atoms with Gasteiger partial charge < -0.3 is 4.90 Å². The van der Waals surface area contributed by atoms with Crippen LogP contribution in [0.15, 0.2) is 0 Å². The number of rotatable bonds is 2. The Bertz CT molecular complexity index is 502. The van der Waals surface area contributed by atoms with E-state index in [1.165, 1.54) is 0 Å². The summed E-state index contributed by atoms with van der Waals surface area (Å²) in [6.07, 6.45) is 0.639. The number of aryl methyl sites for hydroxylation is 2. The molecule has 2 rings (SSSR count). The molecule has 1 aromatic heterocycles. The lowest BCUT2D eigenvalue weighted by Gasteiger charge is -2.26. The highest BCUT2D eigenvalue weighted by Gasteiger charge is 2.37. The molecule has 1 aromatic rings. The molecule has 0 radical (unpaired) electrons. The number of carbonyl (C=O) groups excluding carboxylic acids is 1. The molecule has 2 heterocycles. The van der Waals surface area contributed by atoms with Gasteiger partial charge in [-0.25, -0.2) is 0 Å². The van der Waals surface area contributed by atoms with E-state index in [1.54, 1.807) is 4.68 Å². The topological polar surface area (TPSA) is 38.1 Å². The molecular formula is C14H22ClN3O. The molecule has 0 N–H and O–H groups in total. The van der Waals surface area contributed by atoms with E-state index in [2.05, 4.69) is 25.9 Å². The highest BCUT2D eigenvalue weighted by molar-refractivity contribution is 6.30. The SMILES string of the molecule is Cc1nn(C)c(Cl)c1CN1CC(C(C)(C)C)CC1=O. The fraction of sp³-hybridized carbons (Fsp3) is 0.714. The van der Waals surface area contributed by atoms with Gasteiger partial charge >= 0.3 is 0 Å². The zero-order chi connectivity index (χ0) is 14.4. The molecule has 19 heavy (non-hydrogen) atoms. The van der Waals surface area contributed by atoms with Gasteiger partial charge in [0.2, 0.25) is 5.91 Å². The third-order valence-electron chi connectivity index (χ3n) is 4.06. The minimum atomic E-state index is 0.165. The molecule has 1 saturated heterocycles. The van der Waals surface area contributed by atoms with Crippen LogP contribution in [0.5, 0.6) is 0 Å². The van der Waals surface area contributed by atoms with Crippen LogP contribution in [0.1, 0.15) is 38.4 Å². The first-order valence-electron chi connectivity index (χ1n) is 6.66. The van der Waals surface area contributed by atoms with Crippen LogP contribution in [0, 0.1) is 18.3 Å². The Hall–Kier alpha value is -1.03. The second-order valence-electron chi connectivity index (χ2n) is 6.52. The first-order chi connectivity index (χ1) is 8.70. The lowest BCUT2D eigenvalue weighted by atomic mass is 9.80. The van der Waals surface area contributed by atoms with Crippen molar-refractivity contribution in [3.05, 3.63) is 16.4 Å². The Labute approximate surface area is 119 Å². The summed E-state index contributed by atoms with van der Waals surface area (Å²) in [6.45, 7) is 9.89. The van der Waals surface area contributed by atoms with Gasteiger partial charge in [-0.05, 0) is 18.3 Å². The van der Waals surface area contributed by atoms with Crippen molar-refractivity contribution in [1.29, 1.82) is 0 Å². The number of nitrogens with zero attached hydrogens (tertiary/aromatic N) is 3. The molecule has 106 valence electrons. The second kappa shape index (κ2) is 4.82. The summed E-state index contributed by atoms with van der Waals surface area (Å²) < 4.78 is 1.66. The molecule has 5 heteroatoms. The van der Waals surface area contributed by atoms with Crippen molar-refractivity contribution in [1.82, 2.24) is 14.7 Å². The van der Waals surface area contributed by atoms with Gasteiger partial charge in [0.05, 0.1) is 12.2 Å². The van der Waals surface area contributed by atoms with Gasteiger partial charge in [0.1, 0.15) is 5.15 Å². The predicted molar refractivity (Wildman–Crippen MR) is 75.9 cm³/mol. The number of carbonyl (C=O) groups is 1. The smallest absolute Gasteiger partial charge is 0.223 e. The number of hydrogen-bond acceptors (Lipinski definition) is 2. The Morgan fingerprint density at radius 1 is 1.42 bits per heavy atom. The van der Waals surface area contributed by atoms with Crippen LogP contribution >= 0.6 is 11.6 Å². The van der Waals surface area contributed by atoms with Crippen LogP contribution in [-0.2, 0) is 18.4 Å². The summed E-state index contributed by atoms with van der Waals surface area (Å²) >= 11 is 6.23. The van der Waals surface area contributed by atoms with Crippen molar-refractivity contribution in [3.8, 4) is 0 Å². The maximum atomic E-state index is 12.1. The van der Waals surface area contributed by atoms with Crippen molar-refractivity contribution in [3.63, 3.8) is 0 Å². The van der Waals surface area contributed by atoms with E-state index >= 15 is 0 Å². The number of aromatic nitrogens is 2. The van der Waals surface area contributed by atoms with Crippen molar-refractivity contribution in [2.24, 2.45) is 18.4 Å². The van der Waals surface area contributed by atoms with Gasteiger partial charge in [-0.15, -0.1) is 0 Å². The van der Waals surface area contributed by atoms with Crippen LogP contribution < -0.4 is 0 Å². The highest BCUT2D eigenvalue weighted by Crippen LogP contribution is 2.35. The minimum Gasteiger partial charge on any atom is -0.338 e. The van der Waals surface area contributed by atoms with Gasteiger partial charge in [-0.3, -0.25) is 9.48 Å². The molecule has 0 bridgehead atoms. The monoisotopic (exact) mass is 283 g/mol. The third kappa shape index (κ3) is 2.78. The number of hydrogen-bond donors (Lipinski definition) is 0. The summed E-state index contributed by atoms with van der Waals surface area (Å²) in [5.74, 6) is 0.634. The van der Waals surface area contributed by atoms with Gasteiger partial charge in [0.25, 0.3) is 0 Å². The van der Waals surface area contributed by atoms with E-state index in [1.807, 2.05) is 18.9 Å². The van der Waals surface area contributed by atoms with Gasteiger partial charge in [-0.2, -0.15) is 5.10 Å². The molecule has 0 saturated carbocycles. The first kappa shape index (κ1) is 14.4. The molecule has 0 aliphatic carbocycles. The van der Waals surface area contributed by atoms with Crippen molar-refractivity contribution < 1.29 is 4.79 Å². The maximum absolute atomic E-state index is 12.1. The molecule has 1 amide bonds. The molecular weight excluding hydrogens is 262 g/mol. The summed E-state index contributed by atoms with van der Waals surface area (Å²) in [5, 5.41) is 4.92. The predicted octanol–water partition coefficient (Wildman–Crippen LogP) is 2.78. The Morgan fingerprint density at radius 3 is 2.47 bits per heavy atom. The van der Waals surface area contributed by atoms with Gasteiger partial charge in [0.15, 0.2) is 0 Å². The van der Waals surface area contributed by atoms with Crippen LogP contribution in [0.3, 0.4) is 0 Å². The lowest BCUT2D eigenvalue weighted by Crippen LogP contribution is -2.27. The average Bonchev–Trinajstić information content (AvgIpc) is 2.75. The fourth-order valence-electron chi connectivity index (χ4n) is 2.55. The summed E-state index contributed by atoms with van der Waals surface area (Å²) in [6, 6.07) is 0. The molecule has 1 unspecified atom stereocenters. The maximum Gasteiger partial charge on any atom is 0.223 e. The summed E-state index contributed by atoms with van der Waals surface area (Å²) in [4.78, 5) is 14.0. The third-order valence-corrected chi connectivity index (χ3v) is 4.53. The van der Waals surface area contributed by atoms with Crippen molar-refractivity contribution >= 4 is 17.5 Å². The zero-order valence-corrected chi connectivity index (χ0v) is 13.1. The van der Waals surface area contributed by atoms with Crippen LogP contribution in [0.2, 0.25) is 5.15 Å². The zero-order valence-electron chi connectivity index (χ0n) is 12.3. The van der Waals surface area contributed by atoms with Crippen LogP contribution in [-0.4, -0.2) is 27.1 Å². The molecule has 1 aliphatic heterocycles. The first-order valence-corrected chi connectivity index (χ1v) is 7.03. The quantitative estimate of drug-likeness (QED) is 0.837. The van der Waals surface area contributed by atoms with Gasteiger partial charge in [-0.1, -0.05) is 32.4 Å². The average molecular weight is 284 g/mol. The fourth-order valence-corrected chi connectivity index (χ4v) is 2.78. The molecule has 0 aromatic carbocycles. The van der Waals surface area contributed by atoms with E-state index in [0.717, 1.165) is 17.8 Å². The molecule has 4 nitrogen and oxygen atoms in total. The largest absolute Gasteiger partial charge is 0.338 e. The second-order valence-corrected chi connectivity index (χ2v) is 6.88. The van der Waals surface area contributed by atoms with E-state index in [4.69, 9.17) is 11.6 Å². The lowest BCUT2D eigenvalue weighted by molar-refractivity contribution is -0.128. The minimum absolute atomic E-state index is 0.165. The van der Waals surface area contributed by atoms with Crippen LogP contribution in [0.4, 0.5) is 0 Å². The standard InChI is InChI=1S/C14H22ClN3O/c1-9-11(13(15)17(5)16-9)8-18-7-10(6-12(18)19)14(2,3)4/h10H,6-8H2,1-5H3. The number of likely N-dealkylation sites (tertiary alicyclic amines) is 1. The summed E-state index contributed by atoms with van der Waals surface area (Å²) in [5.41, 5.74) is 2.03. The van der Waals surface area contributed by atoms with Crippen molar-refractivity contribution in [2.45, 2.75) is 40.7 Å². The Kier molecular flexibility index (Phi) is 3.65. The number of halogens is 1. The Morgan fingerprint density at radius 2 is 2.05 bits per heavy atom. The normalized spacial score (nSPS) is 20.4. The van der Waals surface area contributed by atoms with Crippen molar-refractivity contribution in [2.75, 3.05) is 6.54 Å². The molecule has 1 aliphatic rings. The van der Waals surface area contributed by atoms with E-state index in [9.17, 15) is 4.79 Å². The molecule has 0 spiro atoms. The highest BCUT2D eigenvalue weighted by atomic mass is 35.5. The number of amides is 1. The van der Waals surface area contributed by atoms with Gasteiger partial charge in [0, 0.05) is 25.6 Å². The van der Waals surface area contributed by atoms with E-state index in [0.29, 0.717) is 24.0 Å². The van der Waals surface area contributed by atoms with E-state index in [-0.39, 0.29) is 11.3 Å². The van der Waals surface area contributed by atoms with Crippen LogP contribution in [0.25, 0.3) is 0 Å². The molecule has 1 fully saturated rings. The Balaban J connectivity index is 2.14. The molecule has 1 atom stereocenters. The van der Waals surface area contributed by atoms with E-state index < -0.39 is 0 Å².